The van der Waals surface area contributed by atoms with E-state index in [1.165, 1.54) is 6.42 Å². The summed E-state index contributed by atoms with van der Waals surface area (Å²) in [5.74, 6) is 1.34. The summed E-state index contributed by atoms with van der Waals surface area (Å²) in [6, 6.07) is 5.75. The molecule has 0 saturated carbocycles. The van der Waals surface area contributed by atoms with Gasteiger partial charge < -0.3 is 10.1 Å². The molecule has 1 aromatic rings. The molecule has 1 aromatic heterocycles. The van der Waals surface area contributed by atoms with Crippen LogP contribution < -0.4 is 10.1 Å². The summed E-state index contributed by atoms with van der Waals surface area (Å²) >= 11 is 0. The molecule has 3 nitrogen and oxygen atoms in total. The first-order valence-corrected chi connectivity index (χ1v) is 5.14. The Morgan fingerprint density at radius 1 is 1.50 bits per heavy atom. The minimum Gasteiger partial charge on any atom is -0.473 e. The molecule has 0 aromatic carbocycles. The zero-order chi connectivity index (χ0) is 9.80. The summed E-state index contributed by atoms with van der Waals surface area (Å²) in [7, 11) is 0. The summed E-state index contributed by atoms with van der Waals surface area (Å²) in [4.78, 5) is 4.16. The normalized spacial score (nSPS) is 27.2. The van der Waals surface area contributed by atoms with Crippen molar-refractivity contribution in [3.63, 3.8) is 0 Å². The lowest BCUT2D eigenvalue weighted by molar-refractivity contribution is 0.110. The van der Waals surface area contributed by atoms with Gasteiger partial charge in [-0.3, -0.25) is 0 Å². The first kappa shape index (κ1) is 9.46. The van der Waals surface area contributed by atoms with E-state index in [2.05, 4.69) is 17.2 Å². The Morgan fingerprint density at radius 3 is 3.14 bits per heavy atom. The fraction of sp³-hybridized carbons (Fsp3) is 0.545. The van der Waals surface area contributed by atoms with Gasteiger partial charge in [0.05, 0.1) is 0 Å². The minimum atomic E-state index is 0.263. The maximum atomic E-state index is 5.79. The Bertz CT molecular complexity index is 276. The molecule has 1 aliphatic rings. The number of ether oxygens (including phenoxy) is 1. The van der Waals surface area contributed by atoms with Crippen LogP contribution in [0.4, 0.5) is 0 Å². The Balaban J connectivity index is 1.96. The van der Waals surface area contributed by atoms with Crippen LogP contribution in [0.15, 0.2) is 24.4 Å². The van der Waals surface area contributed by atoms with Crippen LogP contribution in [-0.2, 0) is 0 Å². The van der Waals surface area contributed by atoms with E-state index in [0.29, 0.717) is 5.92 Å². The molecular weight excluding hydrogens is 176 g/mol. The maximum absolute atomic E-state index is 5.79. The van der Waals surface area contributed by atoms with Gasteiger partial charge in [-0.2, -0.15) is 0 Å². The number of nitrogens with one attached hydrogen (secondary N) is 1. The first-order valence-electron chi connectivity index (χ1n) is 5.14. The molecule has 2 rings (SSSR count). The van der Waals surface area contributed by atoms with Crippen LogP contribution in [0.3, 0.4) is 0 Å². The molecule has 3 heteroatoms. The van der Waals surface area contributed by atoms with Crippen LogP contribution in [0.1, 0.15) is 13.3 Å². The van der Waals surface area contributed by atoms with Gasteiger partial charge in [-0.15, -0.1) is 0 Å². The summed E-state index contributed by atoms with van der Waals surface area (Å²) in [6.07, 6.45) is 3.20. The molecule has 1 aliphatic heterocycles. The van der Waals surface area contributed by atoms with Crippen molar-refractivity contribution in [1.82, 2.24) is 10.3 Å². The van der Waals surface area contributed by atoms with Gasteiger partial charge in [0.15, 0.2) is 0 Å². The lowest BCUT2D eigenvalue weighted by Gasteiger charge is -2.29. The van der Waals surface area contributed by atoms with Crippen LogP contribution in [0.2, 0.25) is 0 Å². The fourth-order valence-corrected chi connectivity index (χ4v) is 1.69. The lowest BCUT2D eigenvalue weighted by Crippen LogP contribution is -2.42. The standard InChI is InChI=1S/C11H16N2O/c1-9-5-7-12-8-10(9)14-11-4-2-3-6-13-11/h2-4,6,9-10,12H,5,7-8H2,1H3. The zero-order valence-corrected chi connectivity index (χ0v) is 8.44. The molecule has 0 spiro atoms. The minimum absolute atomic E-state index is 0.263. The maximum Gasteiger partial charge on any atom is 0.213 e. The van der Waals surface area contributed by atoms with Crippen molar-refractivity contribution < 1.29 is 4.74 Å². The van der Waals surface area contributed by atoms with E-state index in [4.69, 9.17) is 4.74 Å². The van der Waals surface area contributed by atoms with Crippen molar-refractivity contribution in [1.29, 1.82) is 0 Å². The van der Waals surface area contributed by atoms with Crippen LogP contribution >= 0.6 is 0 Å². The Kier molecular flexibility index (Phi) is 2.99. The van der Waals surface area contributed by atoms with Crippen LogP contribution in [0.5, 0.6) is 5.88 Å². The highest BCUT2D eigenvalue weighted by Gasteiger charge is 2.22. The second-order valence-electron chi connectivity index (χ2n) is 3.79. The molecule has 0 aliphatic carbocycles. The van der Waals surface area contributed by atoms with E-state index >= 15 is 0 Å². The Hall–Kier alpha value is -1.09. The third-order valence-electron chi connectivity index (χ3n) is 2.67. The van der Waals surface area contributed by atoms with Gasteiger partial charge in [0, 0.05) is 18.8 Å². The van der Waals surface area contributed by atoms with Crippen LogP contribution in [0.25, 0.3) is 0 Å². The van der Waals surface area contributed by atoms with Gasteiger partial charge in [-0.1, -0.05) is 13.0 Å². The SMILES string of the molecule is CC1CCNCC1Oc1ccccn1. The number of pyridine rings is 1. The van der Waals surface area contributed by atoms with E-state index in [1.807, 2.05) is 18.2 Å². The quantitative estimate of drug-likeness (QED) is 0.770. The second-order valence-corrected chi connectivity index (χ2v) is 3.79. The summed E-state index contributed by atoms with van der Waals surface area (Å²) in [5.41, 5.74) is 0. The molecule has 0 amide bonds. The monoisotopic (exact) mass is 192 g/mol. The fourth-order valence-electron chi connectivity index (χ4n) is 1.69. The number of hydrogen-bond donors (Lipinski definition) is 1. The number of piperidine rings is 1. The summed E-state index contributed by atoms with van der Waals surface area (Å²) in [5, 5.41) is 3.33. The van der Waals surface area contributed by atoms with E-state index in [9.17, 15) is 0 Å². The van der Waals surface area contributed by atoms with E-state index < -0.39 is 0 Å². The van der Waals surface area contributed by atoms with Crippen molar-refractivity contribution in [2.75, 3.05) is 13.1 Å². The van der Waals surface area contributed by atoms with Gasteiger partial charge in [0.1, 0.15) is 6.10 Å². The third kappa shape index (κ3) is 2.23. The average Bonchev–Trinajstić information content (AvgIpc) is 2.23. The molecule has 1 saturated heterocycles. The van der Waals surface area contributed by atoms with Gasteiger partial charge >= 0.3 is 0 Å². The molecular formula is C11H16N2O. The molecule has 0 radical (unpaired) electrons. The van der Waals surface area contributed by atoms with E-state index in [1.54, 1.807) is 6.20 Å². The number of hydrogen-bond acceptors (Lipinski definition) is 3. The average molecular weight is 192 g/mol. The number of aromatic nitrogens is 1. The van der Waals surface area contributed by atoms with Crippen LogP contribution in [0, 0.1) is 5.92 Å². The Morgan fingerprint density at radius 2 is 2.43 bits per heavy atom. The number of rotatable bonds is 2. The lowest BCUT2D eigenvalue weighted by atomic mass is 9.97. The molecule has 2 unspecified atom stereocenters. The summed E-state index contributed by atoms with van der Waals surface area (Å²) < 4.78 is 5.79. The predicted molar refractivity (Wildman–Crippen MR) is 55.3 cm³/mol. The van der Waals surface area contributed by atoms with Crippen molar-refractivity contribution in [2.24, 2.45) is 5.92 Å². The second kappa shape index (κ2) is 4.42. The topological polar surface area (TPSA) is 34.1 Å². The van der Waals surface area contributed by atoms with Gasteiger partial charge in [-0.25, -0.2) is 4.98 Å². The highest BCUT2D eigenvalue weighted by Crippen LogP contribution is 2.17. The van der Waals surface area contributed by atoms with Crippen molar-refractivity contribution in [3.05, 3.63) is 24.4 Å². The van der Waals surface area contributed by atoms with Gasteiger partial charge in [0.25, 0.3) is 0 Å². The number of nitrogens with zero attached hydrogens (tertiary/aromatic N) is 1. The molecule has 2 heterocycles. The Labute approximate surface area is 84.5 Å². The molecule has 1 fully saturated rings. The van der Waals surface area contributed by atoms with Crippen LogP contribution in [-0.4, -0.2) is 24.2 Å². The molecule has 2 atom stereocenters. The first-order chi connectivity index (χ1) is 6.86. The molecule has 0 bridgehead atoms. The van der Waals surface area contributed by atoms with Gasteiger partial charge in [-0.05, 0) is 24.9 Å². The summed E-state index contributed by atoms with van der Waals surface area (Å²) in [6.45, 7) is 4.26. The molecule has 14 heavy (non-hydrogen) atoms. The predicted octanol–water partition coefficient (Wildman–Crippen LogP) is 1.46. The van der Waals surface area contributed by atoms with Crippen molar-refractivity contribution in [3.8, 4) is 5.88 Å². The van der Waals surface area contributed by atoms with E-state index in [0.717, 1.165) is 19.0 Å². The molecule has 76 valence electrons. The van der Waals surface area contributed by atoms with Gasteiger partial charge in [0.2, 0.25) is 5.88 Å². The highest BCUT2D eigenvalue weighted by molar-refractivity contribution is 5.10. The van der Waals surface area contributed by atoms with E-state index in [-0.39, 0.29) is 6.10 Å². The largest absolute Gasteiger partial charge is 0.473 e. The smallest absolute Gasteiger partial charge is 0.213 e. The zero-order valence-electron chi connectivity index (χ0n) is 8.44. The highest BCUT2D eigenvalue weighted by atomic mass is 16.5. The van der Waals surface area contributed by atoms with Crippen molar-refractivity contribution >= 4 is 0 Å². The molecule has 1 N–H and O–H groups in total. The van der Waals surface area contributed by atoms with Crippen molar-refractivity contribution in [2.45, 2.75) is 19.4 Å². The third-order valence-corrected chi connectivity index (χ3v) is 2.67.